The summed E-state index contributed by atoms with van der Waals surface area (Å²) >= 11 is 3.09. The number of carbonyl (C=O) groups is 1. The quantitative estimate of drug-likeness (QED) is 0.503. The van der Waals surface area contributed by atoms with Crippen LogP contribution in [-0.4, -0.2) is 17.3 Å². The van der Waals surface area contributed by atoms with Gasteiger partial charge in [0.1, 0.15) is 17.6 Å². The second kappa shape index (κ2) is 9.49. The third-order valence-corrected chi connectivity index (χ3v) is 4.41. The standard InChI is InChI=1S/C21H13BrF3N3O3/c22-16-7-5-14(18(9-16)31-21(23,24)25)11-28-20(29)15-6-8-19(27-12-15)30-17-4-2-1-3-13(17)10-26/h1-9,12H,11H2,(H,28,29). The molecule has 6 nitrogen and oxygen atoms in total. The highest BCUT2D eigenvalue weighted by Crippen LogP contribution is 2.29. The van der Waals surface area contributed by atoms with Gasteiger partial charge in [-0.3, -0.25) is 4.79 Å². The van der Waals surface area contributed by atoms with E-state index in [4.69, 9.17) is 10.00 Å². The summed E-state index contributed by atoms with van der Waals surface area (Å²) in [5.41, 5.74) is 0.656. The van der Waals surface area contributed by atoms with Crippen molar-refractivity contribution in [1.82, 2.24) is 10.3 Å². The lowest BCUT2D eigenvalue weighted by molar-refractivity contribution is -0.274. The van der Waals surface area contributed by atoms with E-state index in [-0.39, 0.29) is 23.6 Å². The van der Waals surface area contributed by atoms with Crippen molar-refractivity contribution >= 4 is 21.8 Å². The lowest BCUT2D eigenvalue weighted by Crippen LogP contribution is -2.24. The van der Waals surface area contributed by atoms with Gasteiger partial charge in [0, 0.05) is 28.8 Å². The molecule has 1 N–H and O–H groups in total. The predicted octanol–water partition coefficient (Wildman–Crippen LogP) is 5.34. The Labute approximate surface area is 183 Å². The van der Waals surface area contributed by atoms with Crippen LogP contribution in [0.1, 0.15) is 21.5 Å². The van der Waals surface area contributed by atoms with Crippen molar-refractivity contribution in [2.75, 3.05) is 0 Å². The summed E-state index contributed by atoms with van der Waals surface area (Å²) in [7, 11) is 0. The van der Waals surface area contributed by atoms with Gasteiger partial charge in [0.15, 0.2) is 0 Å². The number of para-hydroxylation sites is 1. The highest BCUT2D eigenvalue weighted by Gasteiger charge is 2.32. The number of pyridine rings is 1. The summed E-state index contributed by atoms with van der Waals surface area (Å²) in [6.45, 7) is -0.189. The van der Waals surface area contributed by atoms with E-state index in [2.05, 4.69) is 31.0 Å². The first-order valence-corrected chi connectivity index (χ1v) is 9.50. The number of rotatable bonds is 6. The molecule has 31 heavy (non-hydrogen) atoms. The van der Waals surface area contributed by atoms with Gasteiger partial charge in [0.25, 0.3) is 5.91 Å². The molecule has 0 aliphatic heterocycles. The zero-order chi connectivity index (χ0) is 22.4. The third kappa shape index (κ3) is 6.20. The van der Waals surface area contributed by atoms with Gasteiger partial charge in [-0.15, -0.1) is 13.2 Å². The van der Waals surface area contributed by atoms with Crippen molar-refractivity contribution < 1.29 is 27.4 Å². The summed E-state index contributed by atoms with van der Waals surface area (Å²) in [5.74, 6) is -0.465. The lowest BCUT2D eigenvalue weighted by atomic mass is 10.2. The fourth-order valence-corrected chi connectivity index (χ4v) is 2.85. The molecule has 0 fully saturated rings. The molecular weight excluding hydrogens is 479 g/mol. The molecule has 0 radical (unpaired) electrons. The molecule has 0 saturated heterocycles. The maximum atomic E-state index is 12.6. The summed E-state index contributed by atoms with van der Waals surface area (Å²) < 4.78 is 47.7. The van der Waals surface area contributed by atoms with Crippen molar-refractivity contribution in [3.8, 4) is 23.4 Å². The smallest absolute Gasteiger partial charge is 0.438 e. The van der Waals surface area contributed by atoms with Gasteiger partial charge in [-0.1, -0.05) is 34.1 Å². The fraction of sp³-hybridized carbons (Fsp3) is 0.0952. The van der Waals surface area contributed by atoms with Gasteiger partial charge in [0.2, 0.25) is 5.88 Å². The molecule has 0 bridgehead atoms. The first-order valence-electron chi connectivity index (χ1n) is 8.70. The van der Waals surface area contributed by atoms with Crippen LogP contribution < -0.4 is 14.8 Å². The first-order chi connectivity index (χ1) is 14.7. The molecule has 0 unspecified atom stereocenters. The number of hydrogen-bond donors (Lipinski definition) is 1. The van der Waals surface area contributed by atoms with Crippen molar-refractivity contribution in [3.05, 3.63) is 82.0 Å². The minimum atomic E-state index is -4.86. The molecule has 3 rings (SSSR count). The minimum absolute atomic E-state index is 0.148. The van der Waals surface area contributed by atoms with E-state index in [1.165, 1.54) is 36.5 Å². The molecule has 0 aliphatic carbocycles. The molecular formula is C21H13BrF3N3O3. The van der Waals surface area contributed by atoms with E-state index < -0.39 is 18.0 Å². The Balaban J connectivity index is 1.66. The van der Waals surface area contributed by atoms with Crippen molar-refractivity contribution in [2.24, 2.45) is 0 Å². The number of nitrogens with zero attached hydrogens (tertiary/aromatic N) is 2. The first kappa shape index (κ1) is 22.1. The summed E-state index contributed by atoms with van der Waals surface area (Å²) in [5, 5.41) is 11.6. The molecule has 1 amide bonds. The van der Waals surface area contributed by atoms with E-state index in [0.717, 1.165) is 0 Å². The van der Waals surface area contributed by atoms with Crippen LogP contribution in [0.2, 0.25) is 0 Å². The van der Waals surface area contributed by atoms with Crippen molar-refractivity contribution in [1.29, 1.82) is 5.26 Å². The Morgan fingerprint density at radius 3 is 2.58 bits per heavy atom. The van der Waals surface area contributed by atoms with Crippen LogP contribution in [0.15, 0.2) is 65.3 Å². The second-order valence-electron chi connectivity index (χ2n) is 6.08. The highest BCUT2D eigenvalue weighted by molar-refractivity contribution is 9.10. The third-order valence-electron chi connectivity index (χ3n) is 3.91. The summed E-state index contributed by atoms with van der Waals surface area (Å²) in [6, 6.07) is 15.6. The zero-order valence-electron chi connectivity index (χ0n) is 15.6. The molecule has 1 heterocycles. The molecule has 2 aromatic carbocycles. The average Bonchev–Trinajstić information content (AvgIpc) is 2.73. The minimum Gasteiger partial charge on any atom is -0.438 e. The lowest BCUT2D eigenvalue weighted by Gasteiger charge is -2.14. The Kier molecular flexibility index (Phi) is 6.77. The molecule has 158 valence electrons. The van der Waals surface area contributed by atoms with E-state index in [1.807, 2.05) is 6.07 Å². The summed E-state index contributed by atoms with van der Waals surface area (Å²) in [4.78, 5) is 16.4. The number of hydrogen-bond acceptors (Lipinski definition) is 5. The van der Waals surface area contributed by atoms with Gasteiger partial charge < -0.3 is 14.8 Å². The molecule has 0 saturated carbocycles. The van der Waals surface area contributed by atoms with Crippen LogP contribution in [0.3, 0.4) is 0 Å². The van der Waals surface area contributed by atoms with Crippen molar-refractivity contribution in [2.45, 2.75) is 12.9 Å². The van der Waals surface area contributed by atoms with Crippen LogP contribution in [0, 0.1) is 11.3 Å². The molecule has 10 heteroatoms. The average molecular weight is 492 g/mol. The number of benzene rings is 2. The Hall–Kier alpha value is -3.58. The number of aromatic nitrogens is 1. The van der Waals surface area contributed by atoms with Gasteiger partial charge >= 0.3 is 6.36 Å². The fourth-order valence-electron chi connectivity index (χ4n) is 2.51. The number of alkyl halides is 3. The predicted molar refractivity (Wildman–Crippen MR) is 107 cm³/mol. The van der Waals surface area contributed by atoms with Crippen LogP contribution in [0.5, 0.6) is 17.4 Å². The van der Waals surface area contributed by atoms with E-state index in [0.29, 0.717) is 15.8 Å². The van der Waals surface area contributed by atoms with E-state index in [1.54, 1.807) is 24.3 Å². The van der Waals surface area contributed by atoms with E-state index in [9.17, 15) is 18.0 Å². The van der Waals surface area contributed by atoms with Crippen LogP contribution in [0.25, 0.3) is 0 Å². The number of halogens is 4. The Morgan fingerprint density at radius 2 is 1.90 bits per heavy atom. The number of ether oxygens (including phenoxy) is 2. The largest absolute Gasteiger partial charge is 0.573 e. The highest BCUT2D eigenvalue weighted by atomic mass is 79.9. The van der Waals surface area contributed by atoms with Gasteiger partial charge in [-0.05, 0) is 30.3 Å². The number of amides is 1. The molecule has 1 aromatic heterocycles. The molecule has 0 atom stereocenters. The normalized spacial score (nSPS) is 10.8. The number of carbonyl (C=O) groups excluding carboxylic acids is 1. The van der Waals surface area contributed by atoms with Gasteiger partial charge in [0.05, 0.1) is 11.1 Å². The molecule has 0 spiro atoms. The summed E-state index contributed by atoms with van der Waals surface area (Å²) in [6.07, 6.45) is -3.60. The van der Waals surface area contributed by atoms with Crippen LogP contribution >= 0.6 is 15.9 Å². The maximum Gasteiger partial charge on any atom is 0.573 e. The number of nitriles is 1. The molecule has 0 aliphatic rings. The van der Waals surface area contributed by atoms with Crippen molar-refractivity contribution in [3.63, 3.8) is 0 Å². The molecule has 3 aromatic rings. The maximum absolute atomic E-state index is 12.6. The Morgan fingerprint density at radius 1 is 1.13 bits per heavy atom. The Bertz CT molecular complexity index is 1130. The second-order valence-corrected chi connectivity index (χ2v) is 6.99. The van der Waals surface area contributed by atoms with Crippen LogP contribution in [-0.2, 0) is 6.54 Å². The number of nitrogens with one attached hydrogen (secondary N) is 1. The monoisotopic (exact) mass is 491 g/mol. The zero-order valence-corrected chi connectivity index (χ0v) is 17.2. The SMILES string of the molecule is N#Cc1ccccc1Oc1ccc(C(=O)NCc2ccc(Br)cc2OC(F)(F)F)cn1. The topological polar surface area (TPSA) is 84.2 Å². The van der Waals surface area contributed by atoms with Gasteiger partial charge in [-0.2, -0.15) is 5.26 Å². The van der Waals surface area contributed by atoms with E-state index >= 15 is 0 Å². The van der Waals surface area contributed by atoms with Crippen LogP contribution in [0.4, 0.5) is 13.2 Å². The van der Waals surface area contributed by atoms with Gasteiger partial charge in [-0.25, -0.2) is 4.98 Å².